The monoisotopic (exact) mass is 374 g/mol. The smallest absolute Gasteiger partial charge is 0.273 e. The van der Waals surface area contributed by atoms with Gasteiger partial charge in [-0.15, -0.1) is 0 Å². The summed E-state index contributed by atoms with van der Waals surface area (Å²) in [7, 11) is 0. The minimum absolute atomic E-state index is 0.0629. The number of amides is 1. The Morgan fingerprint density at radius 3 is 2.57 bits per heavy atom. The minimum Gasteiger partial charge on any atom is -0.350 e. The van der Waals surface area contributed by atoms with Gasteiger partial charge in [-0.1, -0.05) is 49.4 Å². The number of fused-ring (bicyclic) bond motifs is 3. The molecule has 0 unspecified atom stereocenters. The molecule has 6 nitrogen and oxygen atoms in total. The maximum absolute atomic E-state index is 13.1. The Morgan fingerprint density at radius 2 is 1.82 bits per heavy atom. The summed E-state index contributed by atoms with van der Waals surface area (Å²) < 4.78 is 3.83. The van der Waals surface area contributed by atoms with Gasteiger partial charge in [-0.2, -0.15) is 4.98 Å². The molecular weight excluding hydrogens is 352 g/mol. The Bertz CT molecular complexity index is 1210. The van der Waals surface area contributed by atoms with Crippen LogP contribution < -0.4 is 10.9 Å². The summed E-state index contributed by atoms with van der Waals surface area (Å²) in [5, 5.41) is 3.90. The Balaban J connectivity index is 1.81. The highest BCUT2D eigenvalue weighted by Gasteiger charge is 2.24. The highest BCUT2D eigenvalue weighted by atomic mass is 16.2. The fraction of sp³-hybridized carbons (Fsp3) is 0.227. The topological polar surface area (TPSA) is 68.4 Å². The number of carbonyl (C=O) groups excluding carboxylic acids is 1. The van der Waals surface area contributed by atoms with Crippen LogP contribution >= 0.6 is 0 Å². The van der Waals surface area contributed by atoms with E-state index in [1.54, 1.807) is 0 Å². The van der Waals surface area contributed by atoms with Crippen molar-refractivity contribution in [3.05, 3.63) is 82.3 Å². The van der Waals surface area contributed by atoms with E-state index >= 15 is 0 Å². The number of para-hydroxylation sites is 1. The van der Waals surface area contributed by atoms with Gasteiger partial charge in [0.05, 0.1) is 5.52 Å². The lowest BCUT2D eigenvalue weighted by Crippen LogP contribution is -2.34. The highest BCUT2D eigenvalue weighted by molar-refractivity contribution is 5.94. The summed E-state index contributed by atoms with van der Waals surface area (Å²) in [5.74, 6) is -0.0629. The summed E-state index contributed by atoms with van der Waals surface area (Å²) in [4.78, 5) is 29.3. The van der Waals surface area contributed by atoms with Crippen LogP contribution in [0.4, 0.5) is 0 Å². The van der Waals surface area contributed by atoms with Crippen LogP contribution in [0.15, 0.2) is 65.5 Å². The van der Waals surface area contributed by atoms with E-state index in [0.29, 0.717) is 18.6 Å². The maximum atomic E-state index is 13.1. The van der Waals surface area contributed by atoms with E-state index in [9.17, 15) is 9.59 Å². The van der Waals surface area contributed by atoms with Crippen LogP contribution in [0.5, 0.6) is 0 Å². The van der Waals surface area contributed by atoms with Gasteiger partial charge in [-0.05, 0) is 31.0 Å². The number of carbonyl (C=O) groups is 1. The van der Waals surface area contributed by atoms with Crippen LogP contribution in [-0.2, 0) is 11.3 Å². The number of aromatic nitrogens is 3. The largest absolute Gasteiger partial charge is 0.350 e. The van der Waals surface area contributed by atoms with Crippen LogP contribution in [0.25, 0.3) is 16.6 Å². The lowest BCUT2D eigenvalue weighted by Gasteiger charge is -2.20. The first-order valence-electron chi connectivity index (χ1n) is 9.41. The third kappa shape index (κ3) is 3.07. The van der Waals surface area contributed by atoms with Gasteiger partial charge in [0, 0.05) is 23.7 Å². The first kappa shape index (κ1) is 18.0. The van der Waals surface area contributed by atoms with Crippen molar-refractivity contribution in [3.63, 3.8) is 0 Å². The second-order valence-electron chi connectivity index (χ2n) is 6.86. The maximum Gasteiger partial charge on any atom is 0.273 e. The molecular formula is C22H22N4O2. The van der Waals surface area contributed by atoms with E-state index < -0.39 is 6.04 Å². The third-order valence-electron chi connectivity index (χ3n) is 4.98. The molecule has 0 bridgehead atoms. The van der Waals surface area contributed by atoms with Crippen LogP contribution in [0.1, 0.15) is 30.6 Å². The molecule has 0 saturated carbocycles. The van der Waals surface area contributed by atoms with E-state index in [1.807, 2.05) is 77.6 Å². The second kappa shape index (κ2) is 7.31. The summed E-state index contributed by atoms with van der Waals surface area (Å²) in [6, 6.07) is 18.6. The van der Waals surface area contributed by atoms with Crippen LogP contribution in [0.3, 0.4) is 0 Å². The molecule has 6 heteroatoms. The number of benzene rings is 2. The van der Waals surface area contributed by atoms with Crippen molar-refractivity contribution in [3.8, 4) is 0 Å². The van der Waals surface area contributed by atoms with Crippen LogP contribution in [0.2, 0.25) is 0 Å². The Morgan fingerprint density at radius 1 is 1.11 bits per heavy atom. The quantitative estimate of drug-likeness (QED) is 0.583. The fourth-order valence-electron chi connectivity index (χ4n) is 3.69. The second-order valence-corrected chi connectivity index (χ2v) is 6.86. The zero-order chi connectivity index (χ0) is 19.7. The van der Waals surface area contributed by atoms with Crippen molar-refractivity contribution in [1.29, 1.82) is 0 Å². The van der Waals surface area contributed by atoms with Crippen molar-refractivity contribution in [2.24, 2.45) is 0 Å². The van der Waals surface area contributed by atoms with E-state index in [0.717, 1.165) is 22.2 Å². The molecule has 2 aromatic heterocycles. The lowest BCUT2D eigenvalue weighted by molar-refractivity contribution is -0.124. The van der Waals surface area contributed by atoms with Gasteiger partial charge < -0.3 is 5.32 Å². The average Bonchev–Trinajstić information content (AvgIpc) is 3.03. The summed E-state index contributed by atoms with van der Waals surface area (Å²) in [6.45, 7) is 4.32. The van der Waals surface area contributed by atoms with Gasteiger partial charge in [0.15, 0.2) is 5.65 Å². The molecule has 0 aliphatic rings. The van der Waals surface area contributed by atoms with Gasteiger partial charge in [0.25, 0.3) is 5.56 Å². The molecule has 28 heavy (non-hydrogen) atoms. The van der Waals surface area contributed by atoms with Crippen molar-refractivity contribution < 1.29 is 4.79 Å². The Kier molecular flexibility index (Phi) is 4.69. The van der Waals surface area contributed by atoms with Crippen LogP contribution in [-0.4, -0.2) is 20.1 Å². The molecule has 4 rings (SSSR count). The van der Waals surface area contributed by atoms with Crippen molar-refractivity contribution in [2.75, 3.05) is 0 Å². The summed E-state index contributed by atoms with van der Waals surface area (Å²) >= 11 is 0. The molecule has 0 spiro atoms. The van der Waals surface area contributed by atoms with Crippen molar-refractivity contribution >= 4 is 22.5 Å². The van der Waals surface area contributed by atoms with E-state index in [2.05, 4.69) is 10.3 Å². The number of nitrogens with one attached hydrogen (secondary N) is 1. The Labute approximate surface area is 162 Å². The molecule has 1 amide bonds. The van der Waals surface area contributed by atoms with E-state index in [1.165, 1.54) is 6.07 Å². The Hall–Kier alpha value is -3.41. The molecule has 0 aliphatic carbocycles. The molecule has 1 N–H and O–H groups in total. The average molecular weight is 374 g/mol. The van der Waals surface area contributed by atoms with Crippen molar-refractivity contribution in [1.82, 2.24) is 19.5 Å². The van der Waals surface area contributed by atoms with Gasteiger partial charge >= 0.3 is 0 Å². The number of hydrogen-bond acceptors (Lipinski definition) is 3. The number of hydrogen-bond donors (Lipinski definition) is 1. The summed E-state index contributed by atoms with van der Waals surface area (Å²) in [6.07, 6.45) is 0.611. The molecule has 2 aromatic carbocycles. The van der Waals surface area contributed by atoms with Crippen LogP contribution in [0, 0.1) is 6.92 Å². The zero-order valence-electron chi connectivity index (χ0n) is 15.9. The number of aryl methyl sites for hydroxylation is 1. The van der Waals surface area contributed by atoms with Gasteiger partial charge in [0.2, 0.25) is 5.91 Å². The molecule has 0 saturated heterocycles. The SMILES string of the molecule is CC[C@@H](C(=O)NCc1ccccc1)n1c2ccccc2c2nc(=O)cc(C)n21. The minimum atomic E-state index is -0.422. The first-order chi connectivity index (χ1) is 13.6. The molecule has 142 valence electrons. The van der Waals surface area contributed by atoms with Gasteiger partial charge in [-0.25, -0.2) is 4.52 Å². The van der Waals surface area contributed by atoms with Gasteiger partial charge in [0.1, 0.15) is 6.04 Å². The summed E-state index contributed by atoms with van der Waals surface area (Å²) in [5.41, 5.74) is 2.98. The van der Waals surface area contributed by atoms with Crippen molar-refractivity contribution in [2.45, 2.75) is 32.9 Å². The fourth-order valence-corrected chi connectivity index (χ4v) is 3.69. The lowest BCUT2D eigenvalue weighted by atomic mass is 10.1. The molecule has 0 radical (unpaired) electrons. The molecule has 1 atom stereocenters. The zero-order valence-corrected chi connectivity index (χ0v) is 15.9. The van der Waals surface area contributed by atoms with E-state index in [4.69, 9.17) is 0 Å². The molecule has 4 aromatic rings. The van der Waals surface area contributed by atoms with E-state index in [-0.39, 0.29) is 11.5 Å². The third-order valence-corrected chi connectivity index (χ3v) is 4.98. The predicted molar refractivity (Wildman–Crippen MR) is 109 cm³/mol. The van der Waals surface area contributed by atoms with Gasteiger partial charge in [-0.3, -0.25) is 14.3 Å². The highest BCUT2D eigenvalue weighted by Crippen LogP contribution is 2.26. The normalized spacial score (nSPS) is 12.4. The molecule has 0 aliphatic heterocycles. The molecule has 2 heterocycles. The number of nitrogens with zero attached hydrogens (tertiary/aromatic N) is 3. The number of rotatable bonds is 5. The predicted octanol–water partition coefficient (Wildman–Crippen LogP) is 3.23. The first-order valence-corrected chi connectivity index (χ1v) is 9.41. The standard InChI is InChI=1S/C22H22N4O2/c1-3-18(22(28)23-14-16-9-5-4-6-10-16)26-19-12-8-7-11-17(19)21-24-20(27)13-15(2)25(21)26/h4-13,18H,3,14H2,1-2H3,(H,23,28)/t18-/m0/s1. The molecule has 0 fully saturated rings.